The summed E-state index contributed by atoms with van der Waals surface area (Å²) >= 11 is 0. The molecule has 0 aliphatic carbocycles. The van der Waals surface area contributed by atoms with Gasteiger partial charge in [0.05, 0.1) is 5.25 Å². The Morgan fingerprint density at radius 2 is 1.90 bits per heavy atom. The van der Waals surface area contributed by atoms with Crippen molar-refractivity contribution in [2.45, 2.75) is 44.9 Å². The number of Topliss-reactive ketones (excluding diaryl/α,β-unsaturated/α-hetero) is 1. The van der Waals surface area contributed by atoms with Crippen LogP contribution in [-0.2, 0) is 11.2 Å². The monoisotopic (exact) mass is 311 g/mol. The summed E-state index contributed by atoms with van der Waals surface area (Å²) < 4.78 is 0. The van der Waals surface area contributed by atoms with Gasteiger partial charge in [0.25, 0.3) is 0 Å². The van der Waals surface area contributed by atoms with Gasteiger partial charge in [0.15, 0.2) is 0 Å². The van der Waals surface area contributed by atoms with Crippen molar-refractivity contribution in [2.75, 3.05) is 5.75 Å². The van der Waals surface area contributed by atoms with Crippen molar-refractivity contribution in [3.63, 3.8) is 0 Å². The van der Waals surface area contributed by atoms with E-state index in [0.29, 0.717) is 5.92 Å². The van der Waals surface area contributed by atoms with Crippen LogP contribution < -0.4 is 5.73 Å². The molecule has 0 radical (unpaired) electrons. The minimum atomic E-state index is 0.0219. The van der Waals surface area contributed by atoms with Crippen LogP contribution in [0.5, 0.6) is 0 Å². The lowest BCUT2D eigenvalue weighted by molar-refractivity contribution is -0.116. The number of nitrogens with two attached hydrogens (primary N) is 1. The second kappa shape index (κ2) is 9.48. The highest BCUT2D eigenvalue weighted by Gasteiger charge is 2.17. The number of hydrogen-bond acceptors (Lipinski definition) is 4. The lowest BCUT2D eigenvalue weighted by atomic mass is 10.1. The largest absolute Gasteiger partial charge is 0.327 e. The van der Waals surface area contributed by atoms with Crippen molar-refractivity contribution in [1.82, 2.24) is 0 Å². The summed E-state index contributed by atoms with van der Waals surface area (Å²) in [5.74, 6) is 1.77. The Balaban J connectivity index is 2.38. The van der Waals surface area contributed by atoms with Gasteiger partial charge in [-0.25, -0.2) is 0 Å². The van der Waals surface area contributed by atoms with Crippen LogP contribution >= 0.6 is 21.6 Å². The van der Waals surface area contributed by atoms with Gasteiger partial charge in [0, 0.05) is 11.8 Å². The standard InChI is InChI=1S/C16H25NOS2/c1-12(2)9-15(17)11-19-20-16(13(3)18)10-14-7-5-4-6-8-14/h4-8,12,15-16H,9-11,17H2,1-3H3/t15?,16-/m1/s1. The summed E-state index contributed by atoms with van der Waals surface area (Å²) in [7, 11) is 3.40. The highest BCUT2D eigenvalue weighted by atomic mass is 33.1. The van der Waals surface area contributed by atoms with Crippen molar-refractivity contribution < 1.29 is 4.79 Å². The number of ketones is 1. The van der Waals surface area contributed by atoms with Gasteiger partial charge in [-0.15, -0.1) is 0 Å². The molecule has 112 valence electrons. The van der Waals surface area contributed by atoms with E-state index >= 15 is 0 Å². The van der Waals surface area contributed by atoms with Gasteiger partial charge in [0.1, 0.15) is 5.78 Å². The average molecular weight is 312 g/mol. The van der Waals surface area contributed by atoms with E-state index in [-0.39, 0.29) is 17.1 Å². The number of carbonyl (C=O) groups excluding carboxylic acids is 1. The minimum absolute atomic E-state index is 0.0219. The minimum Gasteiger partial charge on any atom is -0.327 e. The van der Waals surface area contributed by atoms with E-state index in [0.717, 1.165) is 18.6 Å². The summed E-state index contributed by atoms with van der Waals surface area (Å²) in [5, 5.41) is 0.0219. The molecule has 0 spiro atoms. The summed E-state index contributed by atoms with van der Waals surface area (Å²) in [4.78, 5) is 11.7. The Hall–Kier alpha value is -0.450. The van der Waals surface area contributed by atoms with Crippen LogP contribution in [0.15, 0.2) is 30.3 Å². The first-order valence-corrected chi connectivity index (χ1v) is 9.45. The molecule has 1 aromatic carbocycles. The van der Waals surface area contributed by atoms with E-state index < -0.39 is 0 Å². The highest BCUT2D eigenvalue weighted by molar-refractivity contribution is 8.77. The molecular formula is C16H25NOS2. The Morgan fingerprint density at radius 3 is 2.45 bits per heavy atom. The molecule has 2 nitrogen and oxygen atoms in total. The Labute approximate surface area is 130 Å². The van der Waals surface area contributed by atoms with Crippen LogP contribution in [0.2, 0.25) is 0 Å². The molecule has 1 rings (SSSR count). The van der Waals surface area contributed by atoms with Crippen molar-refractivity contribution in [3.8, 4) is 0 Å². The molecule has 0 fully saturated rings. The van der Waals surface area contributed by atoms with Crippen molar-refractivity contribution >= 4 is 27.4 Å². The number of benzene rings is 1. The number of hydrogen-bond donors (Lipinski definition) is 1. The highest BCUT2D eigenvalue weighted by Crippen LogP contribution is 2.30. The molecule has 1 unspecified atom stereocenters. The maximum Gasteiger partial charge on any atom is 0.143 e. The molecule has 4 heteroatoms. The SMILES string of the molecule is CC(=O)[C@@H](Cc1ccccc1)SSCC(N)CC(C)C. The molecule has 0 aromatic heterocycles. The van der Waals surface area contributed by atoms with Crippen molar-refractivity contribution in [3.05, 3.63) is 35.9 Å². The fourth-order valence-electron chi connectivity index (χ4n) is 1.96. The van der Waals surface area contributed by atoms with Crippen molar-refractivity contribution in [1.29, 1.82) is 0 Å². The molecule has 0 saturated heterocycles. The third-order valence-corrected chi connectivity index (χ3v) is 5.90. The maximum absolute atomic E-state index is 11.7. The third-order valence-electron chi connectivity index (χ3n) is 2.96. The maximum atomic E-state index is 11.7. The lowest BCUT2D eigenvalue weighted by Gasteiger charge is -2.16. The number of rotatable bonds is 9. The predicted octanol–water partition coefficient (Wildman–Crippen LogP) is 3.94. The molecule has 0 heterocycles. The molecule has 20 heavy (non-hydrogen) atoms. The Bertz CT molecular complexity index is 395. The summed E-state index contributed by atoms with van der Waals surface area (Å²) in [6.45, 7) is 6.05. The fourth-order valence-corrected chi connectivity index (χ4v) is 4.77. The second-order valence-corrected chi connectivity index (χ2v) is 8.17. The van der Waals surface area contributed by atoms with E-state index in [1.54, 1.807) is 28.5 Å². The molecule has 1 aromatic rings. The van der Waals surface area contributed by atoms with Crippen LogP contribution in [0.1, 0.15) is 32.8 Å². The van der Waals surface area contributed by atoms with E-state index in [4.69, 9.17) is 5.73 Å². The van der Waals surface area contributed by atoms with Crippen LogP contribution in [0.25, 0.3) is 0 Å². The van der Waals surface area contributed by atoms with E-state index in [2.05, 4.69) is 26.0 Å². The molecular weight excluding hydrogens is 286 g/mol. The zero-order valence-corrected chi connectivity index (χ0v) is 14.2. The van der Waals surface area contributed by atoms with Crippen LogP contribution in [0.4, 0.5) is 0 Å². The molecule has 0 amide bonds. The molecule has 0 bridgehead atoms. The first-order valence-electron chi connectivity index (χ1n) is 7.07. The van der Waals surface area contributed by atoms with Gasteiger partial charge in [-0.3, -0.25) is 4.79 Å². The van der Waals surface area contributed by atoms with Gasteiger partial charge < -0.3 is 5.73 Å². The molecule has 2 atom stereocenters. The average Bonchev–Trinajstić information content (AvgIpc) is 2.37. The molecule has 0 aliphatic heterocycles. The van der Waals surface area contributed by atoms with Gasteiger partial charge in [-0.1, -0.05) is 65.8 Å². The van der Waals surface area contributed by atoms with Gasteiger partial charge >= 0.3 is 0 Å². The zero-order valence-electron chi connectivity index (χ0n) is 12.5. The first-order chi connectivity index (χ1) is 9.49. The fraction of sp³-hybridized carbons (Fsp3) is 0.562. The van der Waals surface area contributed by atoms with Crippen molar-refractivity contribution in [2.24, 2.45) is 11.7 Å². The molecule has 2 N–H and O–H groups in total. The predicted molar refractivity (Wildman–Crippen MR) is 92.1 cm³/mol. The summed E-state index contributed by atoms with van der Waals surface area (Å²) in [5.41, 5.74) is 7.29. The van der Waals surface area contributed by atoms with Gasteiger partial charge in [-0.2, -0.15) is 0 Å². The van der Waals surface area contributed by atoms with Crippen LogP contribution in [0, 0.1) is 5.92 Å². The topological polar surface area (TPSA) is 43.1 Å². The normalized spacial score (nSPS) is 14.2. The first kappa shape index (κ1) is 17.6. The van der Waals surface area contributed by atoms with Gasteiger partial charge in [0.2, 0.25) is 0 Å². The quantitative estimate of drug-likeness (QED) is 0.701. The number of carbonyl (C=O) groups is 1. The van der Waals surface area contributed by atoms with E-state index in [1.807, 2.05) is 18.2 Å². The Kier molecular flexibility index (Phi) is 8.34. The third kappa shape index (κ3) is 7.36. The zero-order chi connectivity index (χ0) is 15.0. The summed E-state index contributed by atoms with van der Waals surface area (Å²) in [6, 6.07) is 10.4. The molecule has 0 aliphatic rings. The van der Waals surface area contributed by atoms with Crippen LogP contribution in [-0.4, -0.2) is 22.8 Å². The van der Waals surface area contributed by atoms with Crippen LogP contribution in [0.3, 0.4) is 0 Å². The second-order valence-electron chi connectivity index (χ2n) is 5.56. The Morgan fingerprint density at radius 1 is 1.25 bits per heavy atom. The van der Waals surface area contributed by atoms with E-state index in [9.17, 15) is 4.79 Å². The van der Waals surface area contributed by atoms with E-state index in [1.165, 1.54) is 5.56 Å². The smallest absolute Gasteiger partial charge is 0.143 e. The molecule has 0 saturated carbocycles. The summed E-state index contributed by atoms with van der Waals surface area (Å²) in [6.07, 6.45) is 1.84. The lowest BCUT2D eigenvalue weighted by Crippen LogP contribution is -2.25. The van der Waals surface area contributed by atoms with Gasteiger partial charge in [-0.05, 0) is 31.2 Å².